The number of hydrogen-bond acceptors (Lipinski definition) is 6. The summed E-state index contributed by atoms with van der Waals surface area (Å²) in [5, 5.41) is 10.6. The molecule has 1 amide bonds. The summed E-state index contributed by atoms with van der Waals surface area (Å²) in [7, 11) is 0. The van der Waals surface area contributed by atoms with E-state index < -0.39 is 11.9 Å². The quantitative estimate of drug-likeness (QED) is 0.0440. The molecule has 1 heterocycles. The number of aryl methyl sites for hydroxylation is 4. The van der Waals surface area contributed by atoms with Gasteiger partial charge in [-0.1, -0.05) is 109 Å². The number of amidine groups is 1. The lowest BCUT2D eigenvalue weighted by molar-refractivity contribution is -0.138. The van der Waals surface area contributed by atoms with Crippen LogP contribution in [0, 0.1) is 5.41 Å². The highest BCUT2D eigenvalue weighted by Gasteiger charge is 2.26. The molecule has 51 heavy (non-hydrogen) atoms. The van der Waals surface area contributed by atoms with Gasteiger partial charge in [0.1, 0.15) is 17.4 Å². The largest absolute Gasteiger partial charge is 0.426 e. The zero-order valence-corrected chi connectivity index (χ0v) is 28.4. The number of rotatable bonds is 15. The van der Waals surface area contributed by atoms with E-state index in [-0.39, 0.29) is 18.2 Å². The summed E-state index contributed by atoms with van der Waals surface area (Å²) < 4.78 is 8.19. The number of ether oxygens (including phenoxy) is 1. The third kappa shape index (κ3) is 9.14. The molecule has 0 bridgehead atoms. The molecule has 0 aliphatic rings. The van der Waals surface area contributed by atoms with Crippen LogP contribution in [0.25, 0.3) is 11.0 Å². The number of amides is 1. The Hall–Kier alpha value is -6.06. The van der Waals surface area contributed by atoms with Crippen molar-refractivity contribution in [1.82, 2.24) is 14.9 Å². The average molecular weight is 679 g/mol. The molecule has 9 heteroatoms. The van der Waals surface area contributed by atoms with Crippen LogP contribution in [0.1, 0.15) is 51.5 Å². The van der Waals surface area contributed by atoms with E-state index in [2.05, 4.69) is 22.0 Å². The summed E-state index contributed by atoms with van der Waals surface area (Å²) in [5.74, 6) is -0.221. The predicted molar refractivity (Wildman–Crippen MR) is 200 cm³/mol. The van der Waals surface area contributed by atoms with Crippen molar-refractivity contribution in [2.24, 2.45) is 11.5 Å². The van der Waals surface area contributed by atoms with Gasteiger partial charge in [-0.25, -0.2) is 4.98 Å². The van der Waals surface area contributed by atoms with Crippen molar-refractivity contribution in [3.05, 3.63) is 167 Å². The molecule has 5 aromatic carbocycles. The van der Waals surface area contributed by atoms with Crippen molar-refractivity contribution in [2.45, 2.75) is 51.2 Å². The van der Waals surface area contributed by atoms with E-state index in [0.717, 1.165) is 52.9 Å². The van der Waals surface area contributed by atoms with Crippen LogP contribution in [-0.4, -0.2) is 27.3 Å². The number of hydrogen-bond donors (Lipinski definition) is 4. The van der Waals surface area contributed by atoms with Gasteiger partial charge in [0, 0.05) is 44.1 Å². The SMILES string of the molecule is N=C(N)c1ccc(CCc2nc3cc(OC(=O)C(CC(=O)NCc4ccc(CN)cc4)c4ccccc4)ccc3n2CCc2ccccc2)cc1. The number of fused-ring (bicyclic) bond motifs is 1. The number of nitrogens with zero attached hydrogens (tertiary/aromatic N) is 2. The molecule has 0 saturated heterocycles. The van der Waals surface area contributed by atoms with Crippen molar-refractivity contribution in [3.8, 4) is 5.75 Å². The molecule has 6 rings (SSSR count). The Morgan fingerprint density at radius 2 is 1.41 bits per heavy atom. The normalized spacial score (nSPS) is 11.6. The van der Waals surface area contributed by atoms with Crippen molar-refractivity contribution >= 4 is 28.7 Å². The summed E-state index contributed by atoms with van der Waals surface area (Å²) in [6, 6.07) is 40.6. The lowest BCUT2D eigenvalue weighted by Crippen LogP contribution is -2.29. The standard InChI is InChI=1S/C42H42N6O3/c43-27-31-11-13-32(14-12-31)28-46-40(49)26-36(33-9-5-2-6-10-33)42(50)51-35-20-21-38-37(25-35)47-39(48(38)24-23-29-7-3-1-4-8-29)22-17-30-15-18-34(19-16-30)41(44)45/h1-16,18-21,25,36H,17,22-24,26-28,43H2,(H3,44,45)(H,46,49). The maximum Gasteiger partial charge on any atom is 0.319 e. The number of carbonyl (C=O) groups is 2. The molecular weight excluding hydrogens is 637 g/mol. The number of nitrogens with two attached hydrogens (primary N) is 2. The first-order chi connectivity index (χ1) is 24.9. The molecule has 1 aromatic heterocycles. The minimum atomic E-state index is -0.796. The first-order valence-corrected chi connectivity index (χ1v) is 17.1. The van der Waals surface area contributed by atoms with Crippen LogP contribution in [0.4, 0.5) is 0 Å². The van der Waals surface area contributed by atoms with Gasteiger partial charge in [-0.2, -0.15) is 0 Å². The van der Waals surface area contributed by atoms with Crippen LogP contribution in [0.5, 0.6) is 5.75 Å². The van der Waals surface area contributed by atoms with E-state index in [1.807, 2.05) is 103 Å². The van der Waals surface area contributed by atoms with Gasteiger partial charge in [0.15, 0.2) is 0 Å². The maximum atomic E-state index is 13.7. The highest BCUT2D eigenvalue weighted by Crippen LogP contribution is 2.27. The van der Waals surface area contributed by atoms with Crippen molar-refractivity contribution in [3.63, 3.8) is 0 Å². The molecule has 0 aliphatic heterocycles. The first kappa shape index (κ1) is 34.8. The van der Waals surface area contributed by atoms with Gasteiger partial charge in [-0.05, 0) is 52.8 Å². The third-order valence-electron chi connectivity index (χ3n) is 9.01. The summed E-state index contributed by atoms with van der Waals surface area (Å²) in [5.41, 5.74) is 18.7. The van der Waals surface area contributed by atoms with Crippen LogP contribution < -0.4 is 21.5 Å². The molecular formula is C42H42N6O3. The Morgan fingerprint density at radius 1 is 0.765 bits per heavy atom. The zero-order valence-electron chi connectivity index (χ0n) is 28.4. The molecule has 0 aliphatic carbocycles. The molecule has 0 saturated carbocycles. The van der Waals surface area contributed by atoms with Crippen LogP contribution in [0.3, 0.4) is 0 Å². The molecule has 0 fully saturated rings. The van der Waals surface area contributed by atoms with E-state index in [9.17, 15) is 9.59 Å². The molecule has 9 nitrogen and oxygen atoms in total. The van der Waals surface area contributed by atoms with Gasteiger partial charge in [-0.3, -0.25) is 15.0 Å². The molecule has 0 radical (unpaired) electrons. The van der Waals surface area contributed by atoms with Gasteiger partial charge in [-0.15, -0.1) is 0 Å². The second-order valence-corrected chi connectivity index (χ2v) is 12.6. The number of nitrogens with one attached hydrogen (secondary N) is 2. The lowest BCUT2D eigenvalue weighted by Gasteiger charge is -2.16. The fourth-order valence-corrected chi connectivity index (χ4v) is 6.12. The molecule has 258 valence electrons. The van der Waals surface area contributed by atoms with Crippen LogP contribution >= 0.6 is 0 Å². The van der Waals surface area contributed by atoms with Crippen LogP contribution in [0.15, 0.2) is 127 Å². The molecule has 1 unspecified atom stereocenters. The monoisotopic (exact) mass is 678 g/mol. The highest BCUT2D eigenvalue weighted by molar-refractivity contribution is 5.94. The Kier molecular flexibility index (Phi) is 11.3. The van der Waals surface area contributed by atoms with E-state index in [1.165, 1.54) is 5.56 Å². The van der Waals surface area contributed by atoms with Gasteiger partial charge >= 0.3 is 5.97 Å². The summed E-state index contributed by atoms with van der Waals surface area (Å²) in [6.45, 7) is 1.53. The van der Waals surface area contributed by atoms with Gasteiger partial charge in [0.05, 0.1) is 17.0 Å². The van der Waals surface area contributed by atoms with E-state index in [1.54, 1.807) is 12.1 Å². The average Bonchev–Trinajstić information content (AvgIpc) is 3.51. The van der Waals surface area contributed by atoms with Crippen LogP contribution in [-0.2, 0) is 48.5 Å². The topological polar surface area (TPSA) is 149 Å². The number of imidazole rings is 1. The van der Waals surface area contributed by atoms with Crippen LogP contribution in [0.2, 0.25) is 0 Å². The van der Waals surface area contributed by atoms with Crippen molar-refractivity contribution in [1.29, 1.82) is 5.41 Å². The van der Waals surface area contributed by atoms with Crippen molar-refractivity contribution < 1.29 is 14.3 Å². The number of aromatic nitrogens is 2. The Labute approximate surface area is 297 Å². The first-order valence-electron chi connectivity index (χ1n) is 17.1. The molecule has 1 atom stereocenters. The Morgan fingerprint density at radius 3 is 2.10 bits per heavy atom. The second-order valence-electron chi connectivity index (χ2n) is 12.6. The molecule has 6 N–H and O–H groups in total. The summed E-state index contributed by atoms with van der Waals surface area (Å²) in [4.78, 5) is 31.8. The number of carbonyl (C=O) groups excluding carboxylic acids is 2. The smallest absolute Gasteiger partial charge is 0.319 e. The van der Waals surface area contributed by atoms with E-state index in [0.29, 0.717) is 36.4 Å². The minimum absolute atomic E-state index is 0.0455. The predicted octanol–water partition coefficient (Wildman–Crippen LogP) is 6.20. The number of esters is 1. The number of nitrogen functional groups attached to an aromatic ring is 1. The lowest BCUT2D eigenvalue weighted by atomic mass is 9.95. The zero-order chi connectivity index (χ0) is 35.6. The van der Waals surface area contributed by atoms with E-state index in [4.69, 9.17) is 26.6 Å². The number of benzene rings is 5. The molecule has 0 spiro atoms. The minimum Gasteiger partial charge on any atom is -0.426 e. The van der Waals surface area contributed by atoms with Gasteiger partial charge in [0.25, 0.3) is 0 Å². The third-order valence-corrected chi connectivity index (χ3v) is 9.01. The second kappa shape index (κ2) is 16.6. The van der Waals surface area contributed by atoms with Gasteiger partial charge < -0.3 is 26.1 Å². The fourth-order valence-electron chi connectivity index (χ4n) is 6.12. The Bertz CT molecular complexity index is 2090. The maximum absolute atomic E-state index is 13.7. The molecule has 6 aromatic rings. The Balaban J connectivity index is 1.19. The van der Waals surface area contributed by atoms with Gasteiger partial charge in [0.2, 0.25) is 5.91 Å². The summed E-state index contributed by atoms with van der Waals surface area (Å²) >= 11 is 0. The highest BCUT2D eigenvalue weighted by atomic mass is 16.5. The fraction of sp³-hybridized carbons (Fsp3) is 0.190. The summed E-state index contributed by atoms with van der Waals surface area (Å²) in [6.07, 6.45) is 2.23. The van der Waals surface area contributed by atoms with E-state index >= 15 is 0 Å². The van der Waals surface area contributed by atoms with Crippen molar-refractivity contribution in [2.75, 3.05) is 0 Å².